The molecule has 0 amide bonds. The zero-order valence-electron chi connectivity index (χ0n) is 12.2. The Bertz CT molecular complexity index is 610. The van der Waals surface area contributed by atoms with E-state index in [2.05, 4.69) is 15.6 Å². The third kappa shape index (κ3) is 6.79. The number of benzene rings is 1. The Kier molecular flexibility index (Phi) is 6.21. The summed E-state index contributed by atoms with van der Waals surface area (Å²) in [6, 6.07) is 4.77. The summed E-state index contributed by atoms with van der Waals surface area (Å²) in [5.41, 5.74) is -0.0500. The molecular weight excluding hydrogens is 319 g/mol. The minimum absolute atomic E-state index is 0.0338. The Morgan fingerprint density at radius 3 is 2.23 bits per heavy atom. The summed E-state index contributed by atoms with van der Waals surface area (Å²) in [7, 11) is -1.55. The largest absolute Gasteiger partial charge is 0.416 e. The summed E-state index contributed by atoms with van der Waals surface area (Å²) in [5, 5.41) is 5.70. The van der Waals surface area contributed by atoms with Crippen LogP contribution in [0.1, 0.15) is 11.1 Å². The van der Waals surface area contributed by atoms with Crippen LogP contribution in [0.5, 0.6) is 0 Å². The molecule has 0 radical (unpaired) electrons. The topological polar surface area (TPSA) is 70.6 Å². The van der Waals surface area contributed by atoms with Crippen molar-refractivity contribution in [2.24, 2.45) is 4.99 Å². The molecule has 0 aliphatic carbocycles. The minimum atomic E-state index is -4.35. The van der Waals surface area contributed by atoms with Crippen molar-refractivity contribution in [2.75, 3.05) is 25.6 Å². The summed E-state index contributed by atoms with van der Waals surface area (Å²) in [6.45, 7) is 0.474. The molecule has 22 heavy (non-hydrogen) atoms. The molecule has 0 aliphatic rings. The first kappa shape index (κ1) is 18.3. The minimum Gasteiger partial charge on any atom is -0.355 e. The van der Waals surface area contributed by atoms with Gasteiger partial charge in [0, 0.05) is 26.4 Å². The molecule has 0 heterocycles. The molecule has 0 saturated heterocycles. The SMILES string of the molecule is CN=C(NCCS(C)(=O)=O)NCc1ccc(C(F)(F)F)cc1. The number of nitrogens with one attached hydrogen (secondary N) is 2. The maximum Gasteiger partial charge on any atom is 0.416 e. The fraction of sp³-hybridized carbons (Fsp3) is 0.462. The van der Waals surface area contributed by atoms with E-state index in [-0.39, 0.29) is 18.8 Å². The fourth-order valence-electron chi connectivity index (χ4n) is 1.57. The lowest BCUT2D eigenvalue weighted by Crippen LogP contribution is -2.39. The fourth-order valence-corrected chi connectivity index (χ4v) is 2.05. The number of sulfone groups is 1. The van der Waals surface area contributed by atoms with Crippen molar-refractivity contribution < 1.29 is 21.6 Å². The van der Waals surface area contributed by atoms with E-state index >= 15 is 0 Å². The van der Waals surface area contributed by atoms with Crippen molar-refractivity contribution in [3.8, 4) is 0 Å². The summed E-state index contributed by atoms with van der Waals surface area (Å²) >= 11 is 0. The van der Waals surface area contributed by atoms with Crippen molar-refractivity contribution in [3.05, 3.63) is 35.4 Å². The van der Waals surface area contributed by atoms with Crippen LogP contribution in [0.2, 0.25) is 0 Å². The van der Waals surface area contributed by atoms with Gasteiger partial charge in [0.1, 0.15) is 9.84 Å². The van der Waals surface area contributed by atoms with E-state index < -0.39 is 21.6 Å². The monoisotopic (exact) mass is 337 g/mol. The van der Waals surface area contributed by atoms with Gasteiger partial charge < -0.3 is 10.6 Å². The maximum absolute atomic E-state index is 12.4. The average Bonchev–Trinajstić information content (AvgIpc) is 2.41. The molecule has 0 aromatic heterocycles. The van der Waals surface area contributed by atoms with Crippen LogP contribution in [0.25, 0.3) is 0 Å². The first-order valence-electron chi connectivity index (χ1n) is 6.40. The van der Waals surface area contributed by atoms with E-state index in [1.54, 1.807) is 0 Å². The van der Waals surface area contributed by atoms with Crippen LogP contribution in [-0.4, -0.2) is 40.0 Å². The lowest BCUT2D eigenvalue weighted by atomic mass is 10.1. The van der Waals surface area contributed by atoms with Crippen LogP contribution in [0.3, 0.4) is 0 Å². The summed E-state index contributed by atoms with van der Waals surface area (Å²) in [5.74, 6) is 0.345. The van der Waals surface area contributed by atoms with Crippen LogP contribution in [0.4, 0.5) is 13.2 Å². The molecule has 2 N–H and O–H groups in total. The standard InChI is InChI=1S/C13H18F3N3O2S/c1-17-12(18-7-8-22(2,20)21)19-9-10-3-5-11(6-4-10)13(14,15)16/h3-6H,7-9H2,1-2H3,(H2,17,18,19). The quantitative estimate of drug-likeness (QED) is 0.630. The van der Waals surface area contributed by atoms with Crippen molar-refractivity contribution in [1.29, 1.82) is 0 Å². The molecule has 0 unspecified atom stereocenters. The highest BCUT2D eigenvalue weighted by molar-refractivity contribution is 7.90. The number of hydrogen-bond acceptors (Lipinski definition) is 3. The van der Waals surface area contributed by atoms with E-state index in [0.717, 1.165) is 18.4 Å². The lowest BCUT2D eigenvalue weighted by Gasteiger charge is -2.12. The van der Waals surface area contributed by atoms with Crippen LogP contribution >= 0.6 is 0 Å². The zero-order chi connectivity index (χ0) is 16.8. The van der Waals surface area contributed by atoms with Gasteiger partial charge >= 0.3 is 6.18 Å². The highest BCUT2D eigenvalue weighted by Crippen LogP contribution is 2.28. The molecule has 0 spiro atoms. The molecule has 1 aromatic rings. The van der Waals surface area contributed by atoms with E-state index in [0.29, 0.717) is 11.5 Å². The Hall–Kier alpha value is -1.77. The highest BCUT2D eigenvalue weighted by Gasteiger charge is 2.29. The Morgan fingerprint density at radius 1 is 1.18 bits per heavy atom. The number of alkyl halides is 3. The van der Waals surface area contributed by atoms with Crippen LogP contribution in [-0.2, 0) is 22.6 Å². The van der Waals surface area contributed by atoms with E-state index in [1.165, 1.54) is 19.2 Å². The summed E-state index contributed by atoms with van der Waals surface area (Å²) in [6.07, 6.45) is -3.22. The molecule has 0 fully saturated rings. The van der Waals surface area contributed by atoms with Gasteiger partial charge in [-0.25, -0.2) is 8.42 Å². The Balaban J connectivity index is 2.50. The second kappa shape index (κ2) is 7.48. The molecular formula is C13H18F3N3O2S. The van der Waals surface area contributed by atoms with Gasteiger partial charge in [0.2, 0.25) is 0 Å². The van der Waals surface area contributed by atoms with Gasteiger partial charge in [-0.15, -0.1) is 0 Å². The third-order valence-corrected chi connectivity index (χ3v) is 3.68. The normalized spacial score (nSPS) is 13.0. The van der Waals surface area contributed by atoms with Gasteiger partial charge in [-0.2, -0.15) is 13.2 Å². The number of halogens is 3. The summed E-state index contributed by atoms with van der Waals surface area (Å²) < 4.78 is 59.3. The molecule has 0 atom stereocenters. The number of nitrogens with zero attached hydrogens (tertiary/aromatic N) is 1. The van der Waals surface area contributed by atoms with Gasteiger partial charge in [0.05, 0.1) is 11.3 Å². The van der Waals surface area contributed by atoms with Gasteiger partial charge in [-0.05, 0) is 17.7 Å². The number of guanidine groups is 1. The predicted octanol–water partition coefficient (Wildman–Crippen LogP) is 1.42. The second-order valence-electron chi connectivity index (χ2n) is 4.68. The van der Waals surface area contributed by atoms with Crippen molar-refractivity contribution in [3.63, 3.8) is 0 Å². The van der Waals surface area contributed by atoms with Crippen molar-refractivity contribution >= 4 is 15.8 Å². The molecule has 5 nitrogen and oxygen atoms in total. The summed E-state index contributed by atoms with van der Waals surface area (Å²) in [4.78, 5) is 3.90. The van der Waals surface area contributed by atoms with Crippen LogP contribution < -0.4 is 10.6 Å². The number of hydrogen-bond donors (Lipinski definition) is 2. The van der Waals surface area contributed by atoms with Gasteiger partial charge in [0.25, 0.3) is 0 Å². The molecule has 9 heteroatoms. The van der Waals surface area contributed by atoms with E-state index in [9.17, 15) is 21.6 Å². The van der Waals surface area contributed by atoms with Crippen molar-refractivity contribution in [1.82, 2.24) is 10.6 Å². The molecule has 1 aromatic carbocycles. The van der Waals surface area contributed by atoms with Gasteiger partial charge in [-0.1, -0.05) is 12.1 Å². The number of rotatable bonds is 5. The van der Waals surface area contributed by atoms with Crippen LogP contribution in [0.15, 0.2) is 29.3 Å². The molecule has 0 aliphatic heterocycles. The Labute approximate surface area is 127 Å². The van der Waals surface area contributed by atoms with Crippen molar-refractivity contribution in [2.45, 2.75) is 12.7 Å². The molecule has 0 bridgehead atoms. The number of aliphatic imine (C=N–C) groups is 1. The van der Waals surface area contributed by atoms with E-state index in [1.807, 2.05) is 0 Å². The lowest BCUT2D eigenvalue weighted by molar-refractivity contribution is -0.137. The average molecular weight is 337 g/mol. The first-order valence-corrected chi connectivity index (χ1v) is 8.46. The molecule has 0 saturated carbocycles. The molecule has 1 rings (SSSR count). The smallest absolute Gasteiger partial charge is 0.355 e. The van der Waals surface area contributed by atoms with Gasteiger partial charge in [0.15, 0.2) is 5.96 Å². The molecule has 124 valence electrons. The van der Waals surface area contributed by atoms with E-state index in [4.69, 9.17) is 0 Å². The van der Waals surface area contributed by atoms with Crippen LogP contribution in [0, 0.1) is 0 Å². The predicted molar refractivity (Wildman–Crippen MR) is 79.4 cm³/mol. The second-order valence-corrected chi connectivity index (χ2v) is 6.94. The zero-order valence-corrected chi connectivity index (χ0v) is 13.1. The highest BCUT2D eigenvalue weighted by atomic mass is 32.2. The third-order valence-electron chi connectivity index (χ3n) is 2.73. The van der Waals surface area contributed by atoms with Gasteiger partial charge in [-0.3, -0.25) is 4.99 Å². The Morgan fingerprint density at radius 2 is 1.77 bits per heavy atom. The maximum atomic E-state index is 12.4. The first-order chi connectivity index (χ1) is 10.1.